The Kier molecular flexibility index (Phi) is 6.27. The van der Waals surface area contributed by atoms with Gasteiger partial charge in [-0.05, 0) is 47.6 Å². The molecule has 0 heterocycles. The number of carbonyl (C=O) groups is 1. The molecule has 19 heavy (non-hydrogen) atoms. The van der Waals surface area contributed by atoms with Gasteiger partial charge >= 0.3 is 0 Å². The summed E-state index contributed by atoms with van der Waals surface area (Å²) in [5.41, 5.74) is 0. The van der Waals surface area contributed by atoms with E-state index in [1.54, 1.807) is 0 Å². The largest absolute Gasteiger partial charge is 0.391 e. The number of nitrogens with zero attached hydrogens (tertiary/aromatic N) is 2. The average Bonchev–Trinajstić information content (AvgIpc) is 2.27. The van der Waals surface area contributed by atoms with Gasteiger partial charge in [0.25, 0.3) is 0 Å². The Morgan fingerprint density at radius 1 is 1.16 bits per heavy atom. The number of aliphatic hydroxyl groups is 1. The van der Waals surface area contributed by atoms with Gasteiger partial charge in [0.2, 0.25) is 5.91 Å². The first-order valence-electron chi connectivity index (χ1n) is 7.54. The maximum Gasteiger partial charge on any atom is 0.237 e. The third-order valence-corrected chi connectivity index (χ3v) is 4.05. The van der Waals surface area contributed by atoms with Gasteiger partial charge in [-0.2, -0.15) is 0 Å². The Labute approximate surface area is 117 Å². The summed E-state index contributed by atoms with van der Waals surface area (Å²) in [5, 5.41) is 10.0. The van der Waals surface area contributed by atoms with E-state index < -0.39 is 0 Å². The molecule has 1 saturated carbocycles. The van der Waals surface area contributed by atoms with Crippen LogP contribution >= 0.6 is 0 Å². The number of likely N-dealkylation sites (N-methyl/N-ethyl adjacent to an activating group) is 1. The molecule has 0 aromatic rings. The SMILES string of the molecule is CC(C)N(C(=O)CN(C)C1CCCCC1O)C(C)C. The van der Waals surface area contributed by atoms with E-state index in [1.807, 2.05) is 44.5 Å². The molecular formula is C15H30N2O2. The highest BCUT2D eigenvalue weighted by Gasteiger charge is 2.29. The molecule has 0 aromatic carbocycles. The maximum absolute atomic E-state index is 12.4. The molecule has 0 spiro atoms. The van der Waals surface area contributed by atoms with Crippen LogP contribution in [0.2, 0.25) is 0 Å². The number of hydrogen-bond acceptors (Lipinski definition) is 3. The molecule has 2 unspecified atom stereocenters. The maximum atomic E-state index is 12.4. The van der Waals surface area contributed by atoms with Gasteiger partial charge in [-0.25, -0.2) is 0 Å². The van der Waals surface area contributed by atoms with Crippen molar-refractivity contribution in [3.05, 3.63) is 0 Å². The first-order chi connectivity index (χ1) is 8.84. The fourth-order valence-electron chi connectivity index (χ4n) is 3.19. The second-order valence-electron chi connectivity index (χ2n) is 6.32. The normalized spacial score (nSPS) is 24.3. The lowest BCUT2D eigenvalue weighted by molar-refractivity contribution is -0.137. The van der Waals surface area contributed by atoms with E-state index >= 15 is 0 Å². The number of hydrogen-bond donors (Lipinski definition) is 1. The zero-order valence-corrected chi connectivity index (χ0v) is 13.1. The van der Waals surface area contributed by atoms with Gasteiger partial charge in [-0.1, -0.05) is 12.8 Å². The van der Waals surface area contributed by atoms with Crippen LogP contribution in [0.3, 0.4) is 0 Å². The lowest BCUT2D eigenvalue weighted by Gasteiger charge is -2.37. The van der Waals surface area contributed by atoms with Crippen LogP contribution in [-0.2, 0) is 4.79 Å². The molecule has 1 aliphatic rings. The fraction of sp³-hybridized carbons (Fsp3) is 0.933. The highest BCUT2D eigenvalue weighted by Crippen LogP contribution is 2.22. The lowest BCUT2D eigenvalue weighted by atomic mass is 9.91. The molecule has 0 aromatic heterocycles. The molecule has 4 nitrogen and oxygen atoms in total. The number of carbonyl (C=O) groups excluding carboxylic acids is 1. The summed E-state index contributed by atoms with van der Waals surface area (Å²) < 4.78 is 0. The van der Waals surface area contributed by atoms with Crippen molar-refractivity contribution in [2.75, 3.05) is 13.6 Å². The van der Waals surface area contributed by atoms with Crippen molar-refractivity contribution >= 4 is 5.91 Å². The van der Waals surface area contributed by atoms with Crippen LogP contribution in [0.25, 0.3) is 0 Å². The summed E-state index contributed by atoms with van der Waals surface area (Å²) in [5.74, 6) is 0.158. The Morgan fingerprint density at radius 2 is 1.68 bits per heavy atom. The minimum Gasteiger partial charge on any atom is -0.391 e. The summed E-state index contributed by atoms with van der Waals surface area (Å²) in [6.45, 7) is 8.60. The van der Waals surface area contributed by atoms with Gasteiger partial charge in [0.15, 0.2) is 0 Å². The molecule has 112 valence electrons. The standard InChI is InChI=1S/C15H30N2O2/c1-11(2)17(12(3)4)15(19)10-16(5)13-8-6-7-9-14(13)18/h11-14,18H,6-10H2,1-5H3. The van der Waals surface area contributed by atoms with E-state index in [-0.39, 0.29) is 30.1 Å². The van der Waals surface area contributed by atoms with Crippen LogP contribution < -0.4 is 0 Å². The molecule has 0 aliphatic heterocycles. The van der Waals surface area contributed by atoms with Crippen molar-refractivity contribution in [2.24, 2.45) is 0 Å². The van der Waals surface area contributed by atoms with E-state index in [0.29, 0.717) is 6.54 Å². The number of amides is 1. The molecule has 0 radical (unpaired) electrons. The van der Waals surface area contributed by atoms with Crippen molar-refractivity contribution < 1.29 is 9.90 Å². The van der Waals surface area contributed by atoms with Crippen LogP contribution in [0.15, 0.2) is 0 Å². The zero-order chi connectivity index (χ0) is 14.6. The van der Waals surface area contributed by atoms with Crippen molar-refractivity contribution in [3.8, 4) is 0 Å². The van der Waals surface area contributed by atoms with Crippen molar-refractivity contribution in [2.45, 2.75) is 77.6 Å². The van der Waals surface area contributed by atoms with Gasteiger partial charge in [-0.15, -0.1) is 0 Å². The van der Waals surface area contributed by atoms with Crippen LogP contribution in [0.5, 0.6) is 0 Å². The summed E-state index contributed by atoms with van der Waals surface area (Å²) in [6.07, 6.45) is 3.83. The van der Waals surface area contributed by atoms with Gasteiger partial charge < -0.3 is 10.0 Å². The first kappa shape index (κ1) is 16.4. The minimum absolute atomic E-state index is 0.138. The second kappa shape index (κ2) is 7.25. The van der Waals surface area contributed by atoms with Gasteiger partial charge in [0.1, 0.15) is 0 Å². The van der Waals surface area contributed by atoms with Crippen molar-refractivity contribution in [1.29, 1.82) is 0 Å². The third kappa shape index (κ3) is 4.46. The molecule has 0 bridgehead atoms. The predicted octanol–water partition coefficient (Wildman–Crippen LogP) is 1.87. The monoisotopic (exact) mass is 270 g/mol. The molecule has 1 aliphatic carbocycles. The topological polar surface area (TPSA) is 43.8 Å². The Hall–Kier alpha value is -0.610. The van der Waals surface area contributed by atoms with Crippen LogP contribution in [0.4, 0.5) is 0 Å². The van der Waals surface area contributed by atoms with E-state index in [9.17, 15) is 9.90 Å². The zero-order valence-electron chi connectivity index (χ0n) is 13.1. The molecule has 1 fully saturated rings. The first-order valence-corrected chi connectivity index (χ1v) is 7.54. The van der Waals surface area contributed by atoms with E-state index in [2.05, 4.69) is 0 Å². The van der Waals surface area contributed by atoms with Crippen molar-refractivity contribution in [1.82, 2.24) is 9.80 Å². The Bertz CT molecular complexity index is 284. The van der Waals surface area contributed by atoms with Gasteiger partial charge in [0.05, 0.1) is 12.6 Å². The molecular weight excluding hydrogens is 240 g/mol. The number of rotatable bonds is 5. The van der Waals surface area contributed by atoms with E-state index in [4.69, 9.17) is 0 Å². The van der Waals surface area contributed by atoms with E-state index in [0.717, 1.165) is 25.7 Å². The highest BCUT2D eigenvalue weighted by molar-refractivity contribution is 5.78. The smallest absolute Gasteiger partial charge is 0.237 e. The quantitative estimate of drug-likeness (QED) is 0.829. The summed E-state index contributed by atoms with van der Waals surface area (Å²) in [6, 6.07) is 0.577. The van der Waals surface area contributed by atoms with Gasteiger partial charge in [0, 0.05) is 18.1 Å². The molecule has 4 heteroatoms. The Balaban J connectivity index is 2.59. The second-order valence-corrected chi connectivity index (χ2v) is 6.32. The van der Waals surface area contributed by atoms with Gasteiger partial charge in [-0.3, -0.25) is 9.69 Å². The Morgan fingerprint density at radius 3 is 2.16 bits per heavy atom. The molecule has 0 saturated heterocycles. The predicted molar refractivity (Wildman–Crippen MR) is 78.0 cm³/mol. The summed E-state index contributed by atoms with van der Waals surface area (Å²) in [7, 11) is 1.95. The number of aliphatic hydroxyl groups excluding tert-OH is 1. The van der Waals surface area contributed by atoms with Crippen LogP contribution in [0.1, 0.15) is 53.4 Å². The lowest BCUT2D eigenvalue weighted by Crippen LogP contribution is -2.51. The molecule has 2 atom stereocenters. The molecule has 1 N–H and O–H groups in total. The third-order valence-electron chi connectivity index (χ3n) is 4.05. The molecule has 1 amide bonds. The van der Waals surface area contributed by atoms with E-state index in [1.165, 1.54) is 0 Å². The fourth-order valence-corrected chi connectivity index (χ4v) is 3.19. The summed E-state index contributed by atoms with van der Waals surface area (Å²) >= 11 is 0. The van der Waals surface area contributed by atoms with Crippen molar-refractivity contribution in [3.63, 3.8) is 0 Å². The van der Waals surface area contributed by atoms with Crippen LogP contribution in [0, 0.1) is 0 Å². The minimum atomic E-state index is -0.280. The highest BCUT2D eigenvalue weighted by atomic mass is 16.3. The molecule has 1 rings (SSSR count). The van der Waals surface area contributed by atoms with Crippen LogP contribution in [-0.4, -0.2) is 58.6 Å². The average molecular weight is 270 g/mol. The summed E-state index contributed by atoms with van der Waals surface area (Å²) in [4.78, 5) is 16.3.